The van der Waals surface area contributed by atoms with Crippen LogP contribution < -0.4 is 0 Å². The van der Waals surface area contributed by atoms with Crippen LogP contribution in [0.1, 0.15) is 44.7 Å². The van der Waals surface area contributed by atoms with Gasteiger partial charge in [0.1, 0.15) is 5.78 Å². The Balaban J connectivity index is 2.69. The molecule has 1 aliphatic rings. The van der Waals surface area contributed by atoms with Crippen LogP contribution in [-0.4, -0.2) is 10.8 Å². The van der Waals surface area contributed by atoms with Crippen molar-refractivity contribution in [2.45, 2.75) is 44.9 Å². The van der Waals surface area contributed by atoms with Gasteiger partial charge in [-0.2, -0.15) is 0 Å². The quantitative estimate of drug-likeness (QED) is 0.732. The first-order valence-corrected chi connectivity index (χ1v) is 6.57. The highest BCUT2D eigenvalue weighted by molar-refractivity contribution is 9.11. The summed E-state index contributed by atoms with van der Waals surface area (Å²) >= 11 is 5.07. The fraction of sp³-hybridized carbons (Fsp3) is 0.636. The van der Waals surface area contributed by atoms with Crippen molar-refractivity contribution in [2.75, 3.05) is 0 Å². The molecule has 0 radical (unpaired) electrons. The predicted octanol–water partition coefficient (Wildman–Crippen LogP) is 3.43. The average molecular weight is 288 g/mol. The van der Waals surface area contributed by atoms with Crippen LogP contribution in [0.4, 0.5) is 0 Å². The molecule has 0 saturated heterocycles. The molecule has 15 heavy (non-hydrogen) atoms. The first kappa shape index (κ1) is 11.3. The van der Waals surface area contributed by atoms with E-state index in [9.17, 15) is 4.79 Å². The first-order valence-electron chi connectivity index (χ1n) is 4.96. The normalized spacial score (nSPS) is 22.6. The Morgan fingerprint density at radius 1 is 1.33 bits per heavy atom. The second kappa shape index (κ2) is 3.14. The fourth-order valence-electron chi connectivity index (χ4n) is 2.01. The van der Waals surface area contributed by atoms with Gasteiger partial charge in [-0.15, -0.1) is 11.3 Å². The van der Waals surface area contributed by atoms with E-state index >= 15 is 0 Å². The molecular weight excluding hydrogens is 274 g/mol. The zero-order valence-corrected chi connectivity index (χ0v) is 11.8. The minimum atomic E-state index is -0.423. The van der Waals surface area contributed by atoms with E-state index < -0.39 is 5.41 Å². The van der Waals surface area contributed by atoms with Gasteiger partial charge in [0.2, 0.25) is 0 Å². The number of hydrogen-bond acceptors (Lipinski definition) is 3. The van der Waals surface area contributed by atoms with Gasteiger partial charge < -0.3 is 0 Å². The van der Waals surface area contributed by atoms with Gasteiger partial charge in [-0.25, -0.2) is 4.98 Å². The van der Waals surface area contributed by atoms with Gasteiger partial charge in [-0.3, -0.25) is 4.79 Å². The minimum absolute atomic E-state index is 0.0639. The van der Waals surface area contributed by atoms with Crippen molar-refractivity contribution < 1.29 is 4.79 Å². The summed E-state index contributed by atoms with van der Waals surface area (Å²) in [5, 5.41) is 0. The molecule has 4 heteroatoms. The van der Waals surface area contributed by atoms with Gasteiger partial charge in [-0.1, -0.05) is 13.8 Å². The summed E-state index contributed by atoms with van der Waals surface area (Å²) in [5.41, 5.74) is 0.472. The molecule has 0 unspecified atom stereocenters. The second-order valence-electron chi connectivity index (χ2n) is 5.25. The number of carbonyl (C=O) groups excluding carboxylic acids is 1. The van der Waals surface area contributed by atoms with E-state index in [1.165, 1.54) is 4.88 Å². The highest BCUT2D eigenvalue weighted by Crippen LogP contribution is 2.46. The molecule has 82 valence electrons. The molecule has 0 amide bonds. The molecule has 2 nitrogen and oxygen atoms in total. The van der Waals surface area contributed by atoms with Gasteiger partial charge in [0.25, 0.3) is 0 Å². The largest absolute Gasteiger partial charge is 0.299 e. The van der Waals surface area contributed by atoms with Gasteiger partial charge in [-0.05, 0) is 29.8 Å². The number of thiazole rings is 1. The number of fused-ring (bicyclic) bond motifs is 1. The zero-order chi connectivity index (χ0) is 11.4. The van der Waals surface area contributed by atoms with Crippen molar-refractivity contribution in [3.63, 3.8) is 0 Å². The SMILES string of the molecule is CC1(C)CC(=O)C(C)(C)c2nc(Br)sc21. The fourth-order valence-corrected chi connectivity index (χ4v) is 3.73. The maximum atomic E-state index is 12.1. The average Bonchev–Trinajstić information content (AvgIpc) is 2.45. The number of Topliss-reactive ketones (excluding diaryl/α,β-unsaturated/α-hetero) is 1. The third-order valence-corrected chi connectivity index (χ3v) is 4.98. The van der Waals surface area contributed by atoms with Crippen LogP contribution in [0.15, 0.2) is 3.92 Å². The van der Waals surface area contributed by atoms with Crippen LogP contribution in [0.25, 0.3) is 0 Å². The maximum absolute atomic E-state index is 12.1. The minimum Gasteiger partial charge on any atom is -0.299 e. The third-order valence-electron chi connectivity index (χ3n) is 3.11. The van der Waals surface area contributed by atoms with Gasteiger partial charge in [0.15, 0.2) is 3.92 Å². The molecule has 0 saturated carbocycles. The lowest BCUT2D eigenvalue weighted by Crippen LogP contribution is -2.41. The number of nitrogens with zero attached hydrogens (tertiary/aromatic N) is 1. The molecule has 0 aliphatic heterocycles. The summed E-state index contributed by atoms with van der Waals surface area (Å²) in [6.45, 7) is 8.16. The Kier molecular flexibility index (Phi) is 2.36. The number of ketones is 1. The molecule has 0 N–H and O–H groups in total. The molecule has 2 rings (SSSR count). The molecule has 0 fully saturated rings. The summed E-state index contributed by atoms with van der Waals surface area (Å²) < 4.78 is 0.878. The van der Waals surface area contributed by atoms with Crippen LogP contribution in [0.2, 0.25) is 0 Å². The van der Waals surface area contributed by atoms with E-state index in [0.717, 1.165) is 9.61 Å². The Labute approximate surface area is 102 Å². The number of carbonyl (C=O) groups is 1. The monoisotopic (exact) mass is 287 g/mol. The van der Waals surface area contributed by atoms with Crippen molar-refractivity contribution >= 4 is 33.0 Å². The smallest absolute Gasteiger partial charge is 0.159 e. The molecule has 0 bridgehead atoms. The lowest BCUT2D eigenvalue weighted by atomic mass is 9.68. The molecule has 1 aromatic heterocycles. The molecule has 1 aromatic rings. The van der Waals surface area contributed by atoms with E-state index in [1.54, 1.807) is 11.3 Å². The molecule has 0 spiro atoms. The van der Waals surface area contributed by atoms with E-state index in [0.29, 0.717) is 6.42 Å². The highest BCUT2D eigenvalue weighted by Gasteiger charge is 2.45. The summed E-state index contributed by atoms with van der Waals surface area (Å²) in [7, 11) is 0. The number of halogens is 1. The number of aromatic nitrogens is 1. The summed E-state index contributed by atoms with van der Waals surface area (Å²) in [5.74, 6) is 0.290. The summed E-state index contributed by atoms with van der Waals surface area (Å²) in [6.07, 6.45) is 0.613. The Morgan fingerprint density at radius 2 is 1.93 bits per heavy atom. The molecule has 0 atom stereocenters. The van der Waals surface area contributed by atoms with Crippen molar-refractivity contribution in [2.24, 2.45) is 0 Å². The van der Waals surface area contributed by atoms with Gasteiger partial charge in [0, 0.05) is 16.7 Å². The molecular formula is C11H14BrNOS. The van der Waals surface area contributed by atoms with Crippen LogP contribution in [0.5, 0.6) is 0 Å². The molecule has 1 heterocycles. The summed E-state index contributed by atoms with van der Waals surface area (Å²) in [6, 6.07) is 0. The van der Waals surface area contributed by atoms with Crippen molar-refractivity contribution in [3.8, 4) is 0 Å². The van der Waals surface area contributed by atoms with Crippen LogP contribution in [0, 0.1) is 0 Å². The van der Waals surface area contributed by atoms with Gasteiger partial charge in [0.05, 0.1) is 11.1 Å². The topological polar surface area (TPSA) is 30.0 Å². The number of hydrogen-bond donors (Lipinski definition) is 0. The van der Waals surface area contributed by atoms with E-state index in [1.807, 2.05) is 13.8 Å². The first-order chi connectivity index (χ1) is 6.75. The van der Waals surface area contributed by atoms with Crippen LogP contribution >= 0.6 is 27.3 Å². The van der Waals surface area contributed by atoms with Gasteiger partial charge >= 0.3 is 0 Å². The second-order valence-corrected chi connectivity index (χ2v) is 7.53. The van der Waals surface area contributed by atoms with Crippen LogP contribution in [0.3, 0.4) is 0 Å². The molecule has 1 aliphatic carbocycles. The Morgan fingerprint density at radius 3 is 2.53 bits per heavy atom. The van der Waals surface area contributed by atoms with E-state index in [2.05, 4.69) is 34.8 Å². The standard InChI is InChI=1S/C11H14BrNOS/c1-10(2)5-6(14)11(3,4)7-8(10)15-9(12)13-7/h5H2,1-4H3. The third kappa shape index (κ3) is 1.58. The molecule has 0 aromatic carbocycles. The predicted molar refractivity (Wildman–Crippen MR) is 65.5 cm³/mol. The van der Waals surface area contributed by atoms with Crippen molar-refractivity contribution in [1.29, 1.82) is 0 Å². The van der Waals surface area contributed by atoms with Crippen molar-refractivity contribution in [3.05, 3.63) is 14.5 Å². The van der Waals surface area contributed by atoms with Crippen molar-refractivity contribution in [1.82, 2.24) is 4.98 Å². The lowest BCUT2D eigenvalue weighted by molar-refractivity contribution is -0.125. The zero-order valence-electron chi connectivity index (χ0n) is 9.35. The van der Waals surface area contributed by atoms with E-state index in [4.69, 9.17) is 0 Å². The Hall–Kier alpha value is -0.220. The highest BCUT2D eigenvalue weighted by atomic mass is 79.9. The van der Waals surface area contributed by atoms with E-state index in [-0.39, 0.29) is 11.2 Å². The maximum Gasteiger partial charge on any atom is 0.159 e. The Bertz CT molecular complexity index is 434. The lowest BCUT2D eigenvalue weighted by Gasteiger charge is -2.36. The summed E-state index contributed by atoms with van der Waals surface area (Å²) in [4.78, 5) is 17.8. The van der Waals surface area contributed by atoms with Crippen LogP contribution in [-0.2, 0) is 15.6 Å². The number of rotatable bonds is 0.